The van der Waals surface area contributed by atoms with Crippen LogP contribution in [0.25, 0.3) is 0 Å². The van der Waals surface area contributed by atoms with Crippen LogP contribution in [0.3, 0.4) is 0 Å². The highest BCUT2D eigenvalue weighted by Gasteiger charge is 2.08. The molecule has 1 N–H and O–H groups in total. The third-order valence-electron chi connectivity index (χ3n) is 1.80. The molecule has 0 saturated heterocycles. The van der Waals surface area contributed by atoms with E-state index in [0.717, 1.165) is 5.69 Å². The first kappa shape index (κ1) is 11.0. The van der Waals surface area contributed by atoms with Gasteiger partial charge in [0.15, 0.2) is 0 Å². The molecule has 0 aliphatic carbocycles. The molecule has 4 heteroatoms. The van der Waals surface area contributed by atoms with Crippen LogP contribution in [-0.2, 0) is 0 Å². The molecule has 1 atom stereocenters. The van der Waals surface area contributed by atoms with Gasteiger partial charge in [-0.3, -0.25) is 9.78 Å². The largest absolute Gasteiger partial charge is 0.351 e. The number of nitrogens with zero attached hydrogens (tertiary/aromatic N) is 1. The smallest absolute Gasteiger partial charge is 0.253 e. The topological polar surface area (TPSA) is 42.0 Å². The average molecular weight is 213 g/mol. The summed E-state index contributed by atoms with van der Waals surface area (Å²) < 4.78 is 0. The van der Waals surface area contributed by atoms with Gasteiger partial charge in [0.1, 0.15) is 0 Å². The van der Waals surface area contributed by atoms with E-state index in [-0.39, 0.29) is 11.3 Å². The Morgan fingerprint density at radius 1 is 1.71 bits per heavy atom. The third kappa shape index (κ3) is 3.00. The van der Waals surface area contributed by atoms with Gasteiger partial charge in [-0.05, 0) is 26.0 Å². The zero-order chi connectivity index (χ0) is 10.6. The standard InChI is InChI=1S/C10H13ClN2O/c1-7(11)6-13-10(14)9-4-3-5-12-8(9)2/h3-5,7H,6H2,1-2H3,(H,13,14). The Balaban J connectivity index is 2.65. The second-order valence-corrected chi connectivity index (χ2v) is 3.87. The molecule has 0 aliphatic heterocycles. The lowest BCUT2D eigenvalue weighted by Gasteiger charge is -2.07. The number of aromatic nitrogens is 1. The highest BCUT2D eigenvalue weighted by atomic mass is 35.5. The van der Waals surface area contributed by atoms with E-state index < -0.39 is 0 Å². The summed E-state index contributed by atoms with van der Waals surface area (Å²) in [6, 6.07) is 3.49. The van der Waals surface area contributed by atoms with Gasteiger partial charge in [0.2, 0.25) is 0 Å². The quantitative estimate of drug-likeness (QED) is 0.776. The Bertz CT molecular complexity index is 326. The maximum atomic E-state index is 11.6. The van der Waals surface area contributed by atoms with E-state index in [1.165, 1.54) is 0 Å². The van der Waals surface area contributed by atoms with Gasteiger partial charge in [-0.2, -0.15) is 0 Å². The maximum Gasteiger partial charge on any atom is 0.253 e. The van der Waals surface area contributed by atoms with Gasteiger partial charge in [-0.1, -0.05) is 0 Å². The lowest BCUT2D eigenvalue weighted by atomic mass is 10.2. The molecular formula is C10H13ClN2O. The summed E-state index contributed by atoms with van der Waals surface area (Å²) >= 11 is 5.72. The zero-order valence-electron chi connectivity index (χ0n) is 8.25. The molecule has 1 rings (SSSR count). The van der Waals surface area contributed by atoms with Crippen molar-refractivity contribution in [2.45, 2.75) is 19.2 Å². The van der Waals surface area contributed by atoms with Gasteiger partial charge < -0.3 is 5.32 Å². The number of hydrogen-bond acceptors (Lipinski definition) is 2. The Kier molecular flexibility index (Phi) is 3.89. The molecule has 1 aromatic heterocycles. The van der Waals surface area contributed by atoms with E-state index in [1.54, 1.807) is 25.3 Å². The van der Waals surface area contributed by atoms with E-state index >= 15 is 0 Å². The molecule has 0 radical (unpaired) electrons. The number of hydrogen-bond donors (Lipinski definition) is 1. The van der Waals surface area contributed by atoms with E-state index in [0.29, 0.717) is 12.1 Å². The Labute approximate surface area is 88.5 Å². The SMILES string of the molecule is Cc1ncccc1C(=O)NCC(C)Cl. The van der Waals surface area contributed by atoms with E-state index in [1.807, 2.05) is 6.92 Å². The molecule has 1 amide bonds. The maximum absolute atomic E-state index is 11.6. The van der Waals surface area contributed by atoms with Gasteiger partial charge in [-0.15, -0.1) is 11.6 Å². The van der Waals surface area contributed by atoms with Gasteiger partial charge in [0.05, 0.1) is 5.56 Å². The lowest BCUT2D eigenvalue weighted by molar-refractivity contribution is 0.0953. The summed E-state index contributed by atoms with van der Waals surface area (Å²) in [6.07, 6.45) is 1.66. The molecule has 14 heavy (non-hydrogen) atoms. The number of halogens is 1. The van der Waals surface area contributed by atoms with Gasteiger partial charge >= 0.3 is 0 Å². The molecule has 1 aromatic rings. The predicted octanol–water partition coefficient (Wildman–Crippen LogP) is 1.75. The number of rotatable bonds is 3. The summed E-state index contributed by atoms with van der Waals surface area (Å²) in [5, 5.41) is 2.67. The van der Waals surface area contributed by atoms with Crippen molar-refractivity contribution in [3.8, 4) is 0 Å². The number of alkyl halides is 1. The average Bonchev–Trinajstić information content (AvgIpc) is 2.15. The lowest BCUT2D eigenvalue weighted by Crippen LogP contribution is -2.29. The van der Waals surface area contributed by atoms with Crippen molar-refractivity contribution in [3.63, 3.8) is 0 Å². The first-order valence-electron chi connectivity index (χ1n) is 4.45. The van der Waals surface area contributed by atoms with Crippen LogP contribution in [0.1, 0.15) is 23.0 Å². The number of carbonyl (C=O) groups excluding carboxylic acids is 1. The van der Waals surface area contributed by atoms with Crippen LogP contribution in [0.2, 0.25) is 0 Å². The van der Waals surface area contributed by atoms with E-state index in [4.69, 9.17) is 11.6 Å². The van der Waals surface area contributed by atoms with Crippen molar-refractivity contribution in [1.82, 2.24) is 10.3 Å². The molecule has 0 aliphatic rings. The summed E-state index contributed by atoms with van der Waals surface area (Å²) in [5.41, 5.74) is 1.33. The molecule has 3 nitrogen and oxygen atoms in total. The molecule has 1 unspecified atom stereocenters. The van der Waals surface area contributed by atoms with Gasteiger partial charge in [0, 0.05) is 23.8 Å². The van der Waals surface area contributed by atoms with Gasteiger partial charge in [0.25, 0.3) is 5.91 Å². The van der Waals surface area contributed by atoms with Crippen molar-refractivity contribution in [2.75, 3.05) is 6.54 Å². The van der Waals surface area contributed by atoms with Crippen LogP contribution in [0.4, 0.5) is 0 Å². The van der Waals surface area contributed by atoms with Crippen molar-refractivity contribution < 1.29 is 4.79 Å². The summed E-state index contributed by atoms with van der Waals surface area (Å²) in [7, 11) is 0. The molecule has 0 aromatic carbocycles. The van der Waals surface area contributed by atoms with Gasteiger partial charge in [-0.25, -0.2) is 0 Å². The number of carbonyl (C=O) groups is 1. The summed E-state index contributed by atoms with van der Waals surface area (Å²) in [5.74, 6) is -0.122. The van der Waals surface area contributed by atoms with E-state index in [2.05, 4.69) is 10.3 Å². The monoisotopic (exact) mass is 212 g/mol. The van der Waals surface area contributed by atoms with Crippen molar-refractivity contribution >= 4 is 17.5 Å². The van der Waals surface area contributed by atoms with Crippen LogP contribution in [0, 0.1) is 6.92 Å². The minimum atomic E-state index is -0.122. The highest BCUT2D eigenvalue weighted by molar-refractivity contribution is 6.20. The molecule has 1 heterocycles. The highest BCUT2D eigenvalue weighted by Crippen LogP contribution is 2.03. The minimum absolute atomic E-state index is 0.0593. The van der Waals surface area contributed by atoms with E-state index in [9.17, 15) is 4.79 Å². The summed E-state index contributed by atoms with van der Waals surface area (Å²) in [4.78, 5) is 15.6. The number of aryl methyl sites for hydroxylation is 1. The van der Waals surface area contributed by atoms with Crippen LogP contribution in [0.15, 0.2) is 18.3 Å². The first-order chi connectivity index (χ1) is 6.61. The second kappa shape index (κ2) is 4.96. The fourth-order valence-corrected chi connectivity index (χ4v) is 1.13. The Morgan fingerprint density at radius 2 is 2.43 bits per heavy atom. The molecule has 0 bridgehead atoms. The number of nitrogens with one attached hydrogen (secondary N) is 1. The predicted molar refractivity (Wildman–Crippen MR) is 56.6 cm³/mol. The number of pyridine rings is 1. The first-order valence-corrected chi connectivity index (χ1v) is 4.89. The molecule has 0 saturated carbocycles. The van der Waals surface area contributed by atoms with Crippen LogP contribution < -0.4 is 5.32 Å². The van der Waals surface area contributed by atoms with Crippen molar-refractivity contribution in [1.29, 1.82) is 0 Å². The molecule has 0 fully saturated rings. The second-order valence-electron chi connectivity index (χ2n) is 3.13. The van der Waals surface area contributed by atoms with Crippen LogP contribution in [-0.4, -0.2) is 22.8 Å². The van der Waals surface area contributed by atoms with Crippen LogP contribution >= 0.6 is 11.6 Å². The van der Waals surface area contributed by atoms with Crippen molar-refractivity contribution in [3.05, 3.63) is 29.6 Å². The molecule has 0 spiro atoms. The fourth-order valence-electron chi connectivity index (χ4n) is 1.05. The Morgan fingerprint density at radius 3 is 3.00 bits per heavy atom. The number of amides is 1. The fraction of sp³-hybridized carbons (Fsp3) is 0.400. The van der Waals surface area contributed by atoms with Crippen molar-refractivity contribution in [2.24, 2.45) is 0 Å². The summed E-state index contributed by atoms with van der Waals surface area (Å²) in [6.45, 7) is 4.10. The molecular weight excluding hydrogens is 200 g/mol. The normalized spacial score (nSPS) is 12.2. The minimum Gasteiger partial charge on any atom is -0.351 e. The third-order valence-corrected chi connectivity index (χ3v) is 1.95. The zero-order valence-corrected chi connectivity index (χ0v) is 9.01. The van der Waals surface area contributed by atoms with Crippen LogP contribution in [0.5, 0.6) is 0 Å². The Hall–Kier alpha value is -1.09. The molecule has 76 valence electrons.